The van der Waals surface area contributed by atoms with Crippen molar-refractivity contribution >= 4 is 23.3 Å². The first-order chi connectivity index (χ1) is 12.8. The molecule has 146 valence electrons. The molecule has 1 aromatic carbocycles. The Morgan fingerprint density at radius 3 is 2.56 bits per heavy atom. The Labute approximate surface area is 158 Å². The molecule has 0 bridgehead atoms. The molecule has 2 N–H and O–H groups in total. The highest BCUT2D eigenvalue weighted by atomic mass is 35.5. The van der Waals surface area contributed by atoms with Crippen molar-refractivity contribution in [3.05, 3.63) is 46.6 Å². The lowest BCUT2D eigenvalue weighted by atomic mass is 10.1. The van der Waals surface area contributed by atoms with Crippen LogP contribution in [0.25, 0.3) is 0 Å². The van der Waals surface area contributed by atoms with Crippen LogP contribution in [0.5, 0.6) is 11.5 Å². The van der Waals surface area contributed by atoms with Gasteiger partial charge < -0.3 is 20.1 Å². The first-order valence-corrected chi connectivity index (χ1v) is 8.11. The highest BCUT2D eigenvalue weighted by molar-refractivity contribution is 6.32. The van der Waals surface area contributed by atoms with E-state index in [9.17, 15) is 18.0 Å². The maximum Gasteiger partial charge on any atom is 0.417 e. The van der Waals surface area contributed by atoms with Crippen LogP contribution in [0.3, 0.4) is 0 Å². The molecule has 2 aromatic rings. The van der Waals surface area contributed by atoms with Gasteiger partial charge in [-0.25, -0.2) is 4.98 Å². The van der Waals surface area contributed by atoms with Crippen LogP contribution in [-0.2, 0) is 6.18 Å². The zero-order valence-corrected chi connectivity index (χ0v) is 15.2. The summed E-state index contributed by atoms with van der Waals surface area (Å²) in [6.45, 7) is 0.383. The summed E-state index contributed by atoms with van der Waals surface area (Å²) in [5, 5.41) is 5.27. The van der Waals surface area contributed by atoms with Crippen LogP contribution in [0.2, 0.25) is 5.02 Å². The van der Waals surface area contributed by atoms with Crippen molar-refractivity contribution < 1.29 is 27.4 Å². The van der Waals surface area contributed by atoms with Crippen LogP contribution in [0, 0.1) is 0 Å². The Hall–Kier alpha value is -2.68. The molecule has 0 saturated carbocycles. The Balaban J connectivity index is 1.93. The zero-order chi connectivity index (χ0) is 20.0. The summed E-state index contributed by atoms with van der Waals surface area (Å²) in [4.78, 5) is 15.9. The molecule has 0 spiro atoms. The van der Waals surface area contributed by atoms with Gasteiger partial charge in [-0.1, -0.05) is 17.7 Å². The van der Waals surface area contributed by atoms with Crippen LogP contribution in [0.4, 0.5) is 19.0 Å². The summed E-state index contributed by atoms with van der Waals surface area (Å²) in [7, 11) is 2.89. The van der Waals surface area contributed by atoms with Gasteiger partial charge in [0.25, 0.3) is 5.91 Å². The molecule has 2 rings (SSSR count). The number of hydrogen-bond donors (Lipinski definition) is 2. The molecule has 1 amide bonds. The number of alkyl halides is 3. The number of ether oxygens (including phenoxy) is 2. The molecule has 0 fully saturated rings. The van der Waals surface area contributed by atoms with Crippen LogP contribution < -0.4 is 20.1 Å². The maximum atomic E-state index is 12.6. The minimum absolute atomic E-state index is 0.0953. The number of hydrogen-bond acceptors (Lipinski definition) is 5. The number of nitrogens with one attached hydrogen (secondary N) is 2. The van der Waals surface area contributed by atoms with Gasteiger partial charge in [-0.3, -0.25) is 4.79 Å². The first kappa shape index (κ1) is 20.6. The number of halogens is 4. The van der Waals surface area contributed by atoms with Gasteiger partial charge >= 0.3 is 6.18 Å². The normalized spacial score (nSPS) is 11.0. The van der Waals surface area contributed by atoms with Gasteiger partial charge in [0.1, 0.15) is 5.82 Å². The molecule has 0 radical (unpaired) electrons. The molecule has 27 heavy (non-hydrogen) atoms. The van der Waals surface area contributed by atoms with E-state index in [2.05, 4.69) is 15.6 Å². The van der Waals surface area contributed by atoms with E-state index >= 15 is 0 Å². The topological polar surface area (TPSA) is 72.5 Å². The van der Waals surface area contributed by atoms with E-state index in [-0.39, 0.29) is 29.8 Å². The Kier molecular flexibility index (Phi) is 6.73. The summed E-state index contributed by atoms with van der Waals surface area (Å²) in [6.07, 6.45) is -3.83. The second kappa shape index (κ2) is 8.81. The second-order valence-electron chi connectivity index (χ2n) is 5.28. The third kappa shape index (κ3) is 5.16. The monoisotopic (exact) mass is 403 g/mol. The molecule has 0 aliphatic heterocycles. The standard InChI is InChI=1S/C17H17ClF3N3O3/c1-26-13-5-3-4-11(14(13)27-2)16(25)23-7-6-22-15-12(18)8-10(9-24-15)17(19,20)21/h3-5,8-9H,6-7H2,1-2H3,(H,22,24)(H,23,25). The summed E-state index contributed by atoms with van der Waals surface area (Å²) < 4.78 is 48.1. The smallest absolute Gasteiger partial charge is 0.417 e. The SMILES string of the molecule is COc1cccc(C(=O)NCCNc2ncc(C(F)(F)F)cc2Cl)c1OC. The van der Waals surface area contributed by atoms with Crippen LogP contribution in [0.15, 0.2) is 30.5 Å². The van der Waals surface area contributed by atoms with Crippen molar-refractivity contribution in [2.45, 2.75) is 6.18 Å². The predicted molar refractivity (Wildman–Crippen MR) is 94.6 cm³/mol. The lowest BCUT2D eigenvalue weighted by molar-refractivity contribution is -0.137. The molecule has 1 heterocycles. The van der Waals surface area contributed by atoms with Crippen LogP contribution in [0.1, 0.15) is 15.9 Å². The Morgan fingerprint density at radius 1 is 1.22 bits per heavy atom. The molecule has 0 aliphatic carbocycles. The van der Waals surface area contributed by atoms with Crippen molar-refractivity contribution in [3.8, 4) is 11.5 Å². The lowest BCUT2D eigenvalue weighted by Crippen LogP contribution is -2.29. The molecule has 0 atom stereocenters. The van der Waals surface area contributed by atoms with E-state index in [1.165, 1.54) is 14.2 Å². The Bertz CT molecular complexity index is 816. The van der Waals surface area contributed by atoms with Crippen molar-refractivity contribution in [2.24, 2.45) is 0 Å². The van der Waals surface area contributed by atoms with Crippen molar-refractivity contribution in [3.63, 3.8) is 0 Å². The third-order valence-electron chi connectivity index (χ3n) is 3.52. The van der Waals surface area contributed by atoms with E-state index in [0.717, 1.165) is 6.07 Å². The molecule has 6 nitrogen and oxygen atoms in total. The van der Waals surface area contributed by atoms with Crippen molar-refractivity contribution in [1.82, 2.24) is 10.3 Å². The predicted octanol–water partition coefficient (Wildman–Crippen LogP) is 3.61. The van der Waals surface area contributed by atoms with Gasteiger partial charge in [0.05, 0.1) is 30.4 Å². The number of amides is 1. The lowest BCUT2D eigenvalue weighted by Gasteiger charge is -2.13. The molecule has 0 saturated heterocycles. The number of nitrogens with zero attached hydrogens (tertiary/aromatic N) is 1. The summed E-state index contributed by atoms with van der Waals surface area (Å²) in [5.41, 5.74) is -0.640. The largest absolute Gasteiger partial charge is 0.493 e. The number of aromatic nitrogens is 1. The minimum Gasteiger partial charge on any atom is -0.493 e. The Morgan fingerprint density at radius 2 is 1.96 bits per heavy atom. The first-order valence-electron chi connectivity index (χ1n) is 7.73. The van der Waals surface area contributed by atoms with Gasteiger partial charge in [0.2, 0.25) is 0 Å². The molecule has 10 heteroatoms. The van der Waals surface area contributed by atoms with E-state index in [4.69, 9.17) is 21.1 Å². The van der Waals surface area contributed by atoms with Gasteiger partial charge in [0.15, 0.2) is 11.5 Å². The number of carbonyl (C=O) groups is 1. The number of methoxy groups -OCH3 is 2. The average Bonchev–Trinajstić information content (AvgIpc) is 2.64. The number of carbonyl (C=O) groups excluding carboxylic acids is 1. The average molecular weight is 404 g/mol. The van der Waals surface area contributed by atoms with Crippen molar-refractivity contribution in [1.29, 1.82) is 0 Å². The highest BCUT2D eigenvalue weighted by Crippen LogP contribution is 2.32. The number of pyridine rings is 1. The van der Waals surface area contributed by atoms with E-state index in [1.54, 1.807) is 18.2 Å². The van der Waals surface area contributed by atoms with Crippen LogP contribution in [-0.4, -0.2) is 38.2 Å². The van der Waals surface area contributed by atoms with Gasteiger partial charge in [0, 0.05) is 19.3 Å². The van der Waals surface area contributed by atoms with E-state index in [1.807, 2.05) is 0 Å². The molecular formula is C17H17ClF3N3O3. The number of anilines is 1. The molecule has 0 unspecified atom stereocenters. The fraction of sp³-hybridized carbons (Fsp3) is 0.294. The quantitative estimate of drug-likeness (QED) is 0.691. The van der Waals surface area contributed by atoms with E-state index < -0.39 is 11.7 Å². The van der Waals surface area contributed by atoms with E-state index in [0.29, 0.717) is 23.3 Å². The minimum atomic E-state index is -4.51. The summed E-state index contributed by atoms with van der Waals surface area (Å²) in [6, 6.07) is 5.69. The summed E-state index contributed by atoms with van der Waals surface area (Å²) in [5.74, 6) is 0.429. The third-order valence-corrected chi connectivity index (χ3v) is 3.81. The fourth-order valence-corrected chi connectivity index (χ4v) is 2.47. The van der Waals surface area contributed by atoms with Crippen molar-refractivity contribution in [2.75, 3.05) is 32.6 Å². The second-order valence-corrected chi connectivity index (χ2v) is 5.68. The highest BCUT2D eigenvalue weighted by Gasteiger charge is 2.31. The molecule has 0 aliphatic rings. The fourth-order valence-electron chi connectivity index (χ4n) is 2.24. The van der Waals surface area contributed by atoms with Gasteiger partial charge in [-0.2, -0.15) is 13.2 Å². The van der Waals surface area contributed by atoms with Crippen LogP contribution >= 0.6 is 11.6 Å². The number of rotatable bonds is 7. The van der Waals surface area contributed by atoms with Gasteiger partial charge in [-0.15, -0.1) is 0 Å². The maximum absolute atomic E-state index is 12.6. The summed E-state index contributed by atoms with van der Waals surface area (Å²) >= 11 is 5.80. The molecular weight excluding hydrogens is 387 g/mol. The van der Waals surface area contributed by atoms with Gasteiger partial charge in [-0.05, 0) is 18.2 Å². The number of benzene rings is 1. The molecule has 1 aromatic heterocycles. The zero-order valence-electron chi connectivity index (χ0n) is 14.5. The number of para-hydroxylation sites is 1.